The van der Waals surface area contributed by atoms with E-state index >= 15 is 4.39 Å². The van der Waals surface area contributed by atoms with Gasteiger partial charge in [0.1, 0.15) is 11.6 Å². The summed E-state index contributed by atoms with van der Waals surface area (Å²) in [5, 5.41) is 0.0290. The minimum Gasteiger partial charge on any atom is -0.493 e. The summed E-state index contributed by atoms with van der Waals surface area (Å²) < 4.78 is 85.5. The van der Waals surface area contributed by atoms with Gasteiger partial charge in [-0.15, -0.1) is 0 Å². The predicted molar refractivity (Wildman–Crippen MR) is 173 cm³/mol. The van der Waals surface area contributed by atoms with E-state index in [4.69, 9.17) is 27.9 Å². The van der Waals surface area contributed by atoms with Crippen LogP contribution in [-0.2, 0) is 19.7 Å². The van der Waals surface area contributed by atoms with Gasteiger partial charge in [0, 0.05) is 16.1 Å². The Hall–Kier alpha value is -3.39. The van der Waals surface area contributed by atoms with Crippen molar-refractivity contribution in [2.75, 3.05) is 19.7 Å². The van der Waals surface area contributed by atoms with Gasteiger partial charge >= 0.3 is 18.1 Å². The molecule has 0 bridgehead atoms. The lowest BCUT2D eigenvalue weighted by atomic mass is 9.91. The van der Waals surface area contributed by atoms with Gasteiger partial charge in [-0.25, -0.2) is 17.6 Å². The van der Waals surface area contributed by atoms with E-state index < -0.39 is 49.2 Å². The Bertz CT molecular complexity index is 1800. The lowest BCUT2D eigenvalue weighted by Crippen LogP contribution is -2.44. The van der Waals surface area contributed by atoms with Crippen molar-refractivity contribution in [3.8, 4) is 5.75 Å². The average molecular weight is 744 g/mol. The zero-order chi connectivity index (χ0) is 35.1. The molecule has 8 nitrogen and oxygen atoms in total. The monoisotopic (exact) mass is 742 g/mol. The quantitative estimate of drug-likeness (QED) is 0.154. The van der Waals surface area contributed by atoms with E-state index in [-0.39, 0.29) is 43.1 Å². The summed E-state index contributed by atoms with van der Waals surface area (Å²) in [6.07, 6.45) is -2.58. The molecular formula is C34H32Cl2F4N2O6S. The third-order valence-electron chi connectivity index (χ3n) is 8.90. The number of hydrogen-bond acceptors (Lipinski definition) is 7. The van der Waals surface area contributed by atoms with Crippen LogP contribution < -0.4 is 4.74 Å². The SMILES string of the molecule is O=C(c1cc(C2CC2)c(OCC2CCN(C(c3cccc(Cl)c3)c3cccc(Cl)c3)CC2)cc1F)N(OC(=O)C(F)(F)F)S(=O)(=O)C1CC1. The average Bonchev–Trinajstić information content (AvgIpc) is 3.96. The van der Waals surface area contributed by atoms with E-state index in [2.05, 4.69) is 9.74 Å². The van der Waals surface area contributed by atoms with E-state index in [1.54, 1.807) is 0 Å². The van der Waals surface area contributed by atoms with Crippen LogP contribution in [0.2, 0.25) is 10.0 Å². The van der Waals surface area contributed by atoms with Crippen molar-refractivity contribution in [3.63, 3.8) is 0 Å². The molecule has 1 heterocycles. The summed E-state index contributed by atoms with van der Waals surface area (Å²) in [5.74, 6) is -5.70. The van der Waals surface area contributed by atoms with E-state index in [0.717, 1.165) is 49.2 Å². The van der Waals surface area contributed by atoms with Gasteiger partial charge in [-0.1, -0.05) is 51.9 Å². The normalized spacial score (nSPS) is 17.6. The Kier molecular flexibility index (Phi) is 10.2. The zero-order valence-corrected chi connectivity index (χ0v) is 28.3. The first-order chi connectivity index (χ1) is 23.2. The Morgan fingerprint density at radius 3 is 2.00 bits per heavy atom. The summed E-state index contributed by atoms with van der Waals surface area (Å²) in [6, 6.07) is 17.3. The summed E-state index contributed by atoms with van der Waals surface area (Å²) in [5.41, 5.74) is 1.64. The van der Waals surface area contributed by atoms with E-state index in [0.29, 0.717) is 28.5 Å². The molecule has 262 valence electrons. The van der Waals surface area contributed by atoms with Crippen LogP contribution in [0.15, 0.2) is 60.7 Å². The van der Waals surface area contributed by atoms with Crippen molar-refractivity contribution in [1.29, 1.82) is 0 Å². The van der Waals surface area contributed by atoms with Gasteiger partial charge in [-0.2, -0.15) is 13.2 Å². The molecule has 2 saturated carbocycles. The van der Waals surface area contributed by atoms with Crippen LogP contribution in [0, 0.1) is 11.7 Å². The minimum absolute atomic E-state index is 0.0546. The topological polar surface area (TPSA) is 93.2 Å². The third-order valence-corrected chi connectivity index (χ3v) is 11.4. The number of nitrogens with zero attached hydrogens (tertiary/aromatic N) is 2. The number of halogens is 6. The number of likely N-dealkylation sites (tertiary alicyclic amines) is 1. The second-order valence-electron chi connectivity index (χ2n) is 12.6. The standard InChI is InChI=1S/C34H32Cl2F4N2O6S/c35-24-5-1-3-22(15-24)31(23-4-2-6-25(36)16-23)41-13-11-20(12-14-41)19-47-30-18-29(37)28(17-27(30)21-7-8-21)32(43)42(48-33(44)34(38,39)40)49(45,46)26-9-10-26/h1-6,15-18,20-21,26,31H,7-14,19H2. The first kappa shape index (κ1) is 35.4. The molecule has 0 N–H and O–H groups in total. The number of benzene rings is 3. The second kappa shape index (κ2) is 14.1. The fourth-order valence-electron chi connectivity index (χ4n) is 6.06. The van der Waals surface area contributed by atoms with E-state index in [1.165, 1.54) is 0 Å². The lowest BCUT2D eigenvalue weighted by Gasteiger charge is -2.38. The van der Waals surface area contributed by atoms with Crippen LogP contribution in [0.4, 0.5) is 17.6 Å². The molecule has 49 heavy (non-hydrogen) atoms. The number of piperidine rings is 1. The van der Waals surface area contributed by atoms with Crippen LogP contribution in [-0.4, -0.2) is 60.8 Å². The molecular weight excluding hydrogens is 711 g/mol. The number of alkyl halides is 3. The van der Waals surface area contributed by atoms with Gasteiger partial charge < -0.3 is 9.57 Å². The molecule has 3 fully saturated rings. The molecule has 0 unspecified atom stereocenters. The van der Waals surface area contributed by atoms with Crippen molar-refractivity contribution in [2.24, 2.45) is 5.92 Å². The highest BCUT2D eigenvalue weighted by atomic mass is 35.5. The molecule has 3 aliphatic rings. The number of ether oxygens (including phenoxy) is 1. The number of amides is 1. The molecule has 0 spiro atoms. The van der Waals surface area contributed by atoms with Gasteiger partial charge in [0.15, 0.2) is 0 Å². The first-order valence-corrected chi connectivity index (χ1v) is 18.1. The summed E-state index contributed by atoms with van der Waals surface area (Å²) >= 11 is 12.7. The largest absolute Gasteiger partial charge is 0.493 e. The Labute approximate surface area is 290 Å². The molecule has 0 radical (unpaired) electrons. The lowest BCUT2D eigenvalue weighted by molar-refractivity contribution is -0.217. The van der Waals surface area contributed by atoms with Crippen LogP contribution in [0.5, 0.6) is 5.75 Å². The zero-order valence-electron chi connectivity index (χ0n) is 26.0. The van der Waals surface area contributed by atoms with Crippen molar-refractivity contribution >= 4 is 45.1 Å². The molecule has 3 aromatic carbocycles. The molecule has 0 atom stereocenters. The molecule has 1 saturated heterocycles. The molecule has 2 aliphatic carbocycles. The minimum atomic E-state index is -5.59. The third kappa shape index (κ3) is 8.16. The number of sulfonamides is 1. The fraction of sp³-hybridized carbons (Fsp3) is 0.412. The van der Waals surface area contributed by atoms with Crippen LogP contribution in [0.25, 0.3) is 0 Å². The highest BCUT2D eigenvalue weighted by molar-refractivity contribution is 7.90. The highest BCUT2D eigenvalue weighted by Gasteiger charge is 2.50. The maximum atomic E-state index is 15.5. The van der Waals surface area contributed by atoms with Gasteiger partial charge in [0.2, 0.25) is 0 Å². The molecule has 3 aromatic rings. The van der Waals surface area contributed by atoms with Gasteiger partial charge in [-0.3, -0.25) is 9.69 Å². The number of hydrogen-bond donors (Lipinski definition) is 0. The number of rotatable bonds is 10. The number of hydroxylamine groups is 1. The fourth-order valence-corrected chi connectivity index (χ4v) is 7.96. The molecule has 1 aliphatic heterocycles. The van der Waals surface area contributed by atoms with Gasteiger partial charge in [-0.05, 0) is 110 Å². The first-order valence-electron chi connectivity index (χ1n) is 15.8. The Balaban J connectivity index is 1.17. The van der Waals surface area contributed by atoms with Crippen molar-refractivity contribution < 1.29 is 45.1 Å². The highest BCUT2D eigenvalue weighted by Crippen LogP contribution is 2.46. The van der Waals surface area contributed by atoms with Crippen molar-refractivity contribution in [1.82, 2.24) is 9.37 Å². The van der Waals surface area contributed by atoms with Gasteiger partial charge in [0.05, 0.1) is 23.5 Å². The van der Waals surface area contributed by atoms with Crippen LogP contribution in [0.1, 0.15) is 77.5 Å². The Morgan fingerprint density at radius 2 is 1.49 bits per heavy atom. The van der Waals surface area contributed by atoms with Crippen LogP contribution in [0.3, 0.4) is 0 Å². The van der Waals surface area contributed by atoms with E-state index in [9.17, 15) is 31.2 Å². The Morgan fingerprint density at radius 1 is 0.898 bits per heavy atom. The number of carbonyl (C=O) groups excluding carboxylic acids is 2. The molecule has 6 rings (SSSR count). The summed E-state index contributed by atoms with van der Waals surface area (Å²) in [6.45, 7) is 1.68. The van der Waals surface area contributed by atoms with Crippen molar-refractivity contribution in [3.05, 3.63) is 98.8 Å². The maximum absolute atomic E-state index is 15.5. The van der Waals surface area contributed by atoms with Crippen LogP contribution >= 0.6 is 23.2 Å². The molecule has 0 aromatic heterocycles. The summed E-state index contributed by atoms with van der Waals surface area (Å²) in [4.78, 5) is 31.2. The summed E-state index contributed by atoms with van der Waals surface area (Å²) in [7, 11) is -4.82. The van der Waals surface area contributed by atoms with E-state index in [1.807, 2.05) is 48.5 Å². The second-order valence-corrected chi connectivity index (χ2v) is 15.5. The molecule has 15 heteroatoms. The van der Waals surface area contributed by atoms with Crippen molar-refractivity contribution in [2.45, 2.75) is 61.9 Å². The van der Waals surface area contributed by atoms with Gasteiger partial charge in [0.25, 0.3) is 10.0 Å². The number of carbonyl (C=O) groups is 2. The predicted octanol–water partition coefficient (Wildman–Crippen LogP) is 7.85. The maximum Gasteiger partial charge on any atom is 0.493 e. The smallest absolute Gasteiger partial charge is 0.493 e. The molecule has 1 amide bonds.